The van der Waals surface area contributed by atoms with E-state index in [0.717, 1.165) is 9.80 Å². The fraction of sp³-hybridized carbons (Fsp3) is 0.500. The average molecular weight is 212 g/mol. The Hall–Kier alpha value is -1.76. The molecular weight excluding hydrogens is 204 g/mol. The van der Waals surface area contributed by atoms with Crippen molar-refractivity contribution >= 4 is 23.6 Å². The predicted molar refractivity (Wildman–Crippen MR) is 44.2 cm³/mol. The molecule has 0 aliphatic carbocycles. The van der Waals surface area contributed by atoms with E-state index in [2.05, 4.69) is 0 Å². The second kappa shape index (κ2) is 2.86. The molecule has 2 rings (SSSR count). The zero-order chi connectivity index (χ0) is 11.3. The first-order chi connectivity index (χ1) is 6.95. The second-order valence-electron chi connectivity index (χ2n) is 3.37. The van der Waals surface area contributed by atoms with Crippen LogP contribution in [-0.2, 0) is 23.9 Å². The average Bonchev–Trinajstić information content (AvgIpc) is 2.27. The van der Waals surface area contributed by atoms with Gasteiger partial charge in [-0.1, -0.05) is 0 Å². The Morgan fingerprint density at radius 1 is 0.800 bits per heavy atom. The van der Waals surface area contributed by atoms with Gasteiger partial charge in [0.2, 0.25) is 12.2 Å². The molecule has 0 aromatic rings. The summed E-state index contributed by atoms with van der Waals surface area (Å²) in [4.78, 5) is 46.1. The number of β-lactam (4-membered cyclic amide) rings is 4. The van der Waals surface area contributed by atoms with Crippen molar-refractivity contribution in [2.24, 2.45) is 0 Å². The first-order valence-electron chi connectivity index (χ1n) is 4.23. The third-order valence-electron chi connectivity index (χ3n) is 2.49. The highest BCUT2D eigenvalue weighted by molar-refractivity contribution is 6.23. The van der Waals surface area contributed by atoms with Crippen molar-refractivity contribution in [1.82, 2.24) is 9.80 Å². The van der Waals surface area contributed by atoms with Crippen LogP contribution in [0.1, 0.15) is 0 Å². The van der Waals surface area contributed by atoms with Gasteiger partial charge in [0.1, 0.15) is 0 Å². The van der Waals surface area contributed by atoms with Crippen LogP contribution in [0, 0.1) is 0 Å². The number of nitrogens with zero attached hydrogens (tertiary/aromatic N) is 2. The van der Waals surface area contributed by atoms with E-state index in [4.69, 9.17) is 4.74 Å². The van der Waals surface area contributed by atoms with Crippen molar-refractivity contribution in [3.63, 3.8) is 0 Å². The molecule has 2 fully saturated rings. The molecule has 80 valence electrons. The van der Waals surface area contributed by atoms with Crippen LogP contribution < -0.4 is 0 Å². The maximum Gasteiger partial charge on any atom is 0.267 e. The van der Waals surface area contributed by atoms with Gasteiger partial charge in [-0.3, -0.25) is 29.0 Å². The molecule has 0 saturated carbocycles. The molecular formula is C8H8N2O5. The summed E-state index contributed by atoms with van der Waals surface area (Å²) in [5.74, 6) is -2.13. The van der Waals surface area contributed by atoms with Crippen molar-refractivity contribution in [1.29, 1.82) is 0 Å². The quantitative estimate of drug-likeness (QED) is 0.381. The number of hydrogen-bond donors (Lipinski definition) is 0. The lowest BCUT2D eigenvalue weighted by Gasteiger charge is -2.38. The van der Waals surface area contributed by atoms with Crippen molar-refractivity contribution in [2.75, 3.05) is 14.1 Å². The van der Waals surface area contributed by atoms with Gasteiger partial charge < -0.3 is 4.74 Å². The minimum absolute atomic E-state index is 0.532. The summed E-state index contributed by atoms with van der Waals surface area (Å²) in [5.41, 5.74) is 0. The summed E-state index contributed by atoms with van der Waals surface area (Å²) in [5, 5.41) is 0. The Bertz CT molecular complexity index is 322. The normalized spacial score (nSPS) is 23.3. The Morgan fingerprint density at radius 2 is 1.07 bits per heavy atom. The van der Waals surface area contributed by atoms with E-state index in [1.54, 1.807) is 0 Å². The highest BCUT2D eigenvalue weighted by Crippen LogP contribution is 2.21. The van der Waals surface area contributed by atoms with Crippen LogP contribution in [0.2, 0.25) is 0 Å². The first kappa shape index (κ1) is 9.78. The lowest BCUT2D eigenvalue weighted by Crippen LogP contribution is -2.67. The van der Waals surface area contributed by atoms with Crippen molar-refractivity contribution < 1.29 is 23.9 Å². The maximum absolute atomic E-state index is 11.1. The summed E-state index contributed by atoms with van der Waals surface area (Å²) in [6.07, 6.45) is -2.58. The highest BCUT2D eigenvalue weighted by Gasteiger charge is 2.53. The summed E-state index contributed by atoms with van der Waals surface area (Å²) in [6, 6.07) is 0. The molecule has 0 aromatic carbocycles. The van der Waals surface area contributed by atoms with E-state index in [1.807, 2.05) is 0 Å². The molecule has 0 unspecified atom stereocenters. The number of likely N-dealkylation sites (N-methyl/N-ethyl adjacent to an activating group) is 2. The zero-order valence-corrected chi connectivity index (χ0v) is 8.09. The fourth-order valence-corrected chi connectivity index (χ4v) is 1.37. The van der Waals surface area contributed by atoms with Crippen LogP contribution in [0.15, 0.2) is 0 Å². The number of carbonyl (C=O) groups excluding carboxylic acids is 4. The highest BCUT2D eigenvalue weighted by atomic mass is 16.5. The third kappa shape index (κ3) is 1.09. The molecule has 0 bridgehead atoms. The molecule has 0 atom stereocenters. The fourth-order valence-electron chi connectivity index (χ4n) is 1.37. The number of imide groups is 2. The minimum Gasteiger partial charge on any atom is -0.335 e. The molecule has 15 heavy (non-hydrogen) atoms. The van der Waals surface area contributed by atoms with Gasteiger partial charge in [-0.05, 0) is 0 Å². The van der Waals surface area contributed by atoms with Gasteiger partial charge in [-0.2, -0.15) is 0 Å². The number of amides is 4. The predicted octanol–water partition coefficient (Wildman–Crippen LogP) is -2.26. The Kier molecular flexibility index (Phi) is 1.87. The molecule has 2 saturated heterocycles. The van der Waals surface area contributed by atoms with Gasteiger partial charge >= 0.3 is 0 Å². The molecule has 7 heteroatoms. The van der Waals surface area contributed by atoms with Crippen LogP contribution in [0.5, 0.6) is 0 Å². The van der Waals surface area contributed by atoms with E-state index in [1.165, 1.54) is 14.1 Å². The van der Waals surface area contributed by atoms with Gasteiger partial charge in [-0.25, -0.2) is 0 Å². The maximum atomic E-state index is 11.1. The number of ether oxygens (including phenoxy) is 1. The number of likely N-dealkylation sites (tertiary alicyclic amines) is 2. The third-order valence-corrected chi connectivity index (χ3v) is 2.49. The Balaban J connectivity index is 2.00. The summed E-state index contributed by atoms with van der Waals surface area (Å²) >= 11 is 0. The topological polar surface area (TPSA) is 84.0 Å². The summed E-state index contributed by atoms with van der Waals surface area (Å²) in [6.45, 7) is 0. The van der Waals surface area contributed by atoms with E-state index >= 15 is 0 Å². The van der Waals surface area contributed by atoms with Gasteiger partial charge in [0, 0.05) is 14.1 Å². The van der Waals surface area contributed by atoms with E-state index in [-0.39, 0.29) is 0 Å². The van der Waals surface area contributed by atoms with Crippen LogP contribution in [0.25, 0.3) is 0 Å². The van der Waals surface area contributed by atoms with Gasteiger partial charge in [0.05, 0.1) is 0 Å². The second-order valence-corrected chi connectivity index (χ2v) is 3.37. The molecule has 0 aromatic heterocycles. The molecule has 4 amide bonds. The van der Waals surface area contributed by atoms with Crippen molar-refractivity contribution in [3.8, 4) is 0 Å². The Labute approximate surface area is 84.6 Å². The molecule has 2 heterocycles. The van der Waals surface area contributed by atoms with Gasteiger partial charge in [-0.15, -0.1) is 0 Å². The molecule has 0 radical (unpaired) electrons. The molecule has 7 nitrogen and oxygen atoms in total. The van der Waals surface area contributed by atoms with E-state index in [0.29, 0.717) is 0 Å². The minimum atomic E-state index is -1.29. The summed E-state index contributed by atoms with van der Waals surface area (Å²) in [7, 11) is 2.61. The van der Waals surface area contributed by atoms with Crippen LogP contribution in [0.4, 0.5) is 0 Å². The number of carbonyl (C=O) groups is 4. The van der Waals surface area contributed by atoms with E-state index in [9.17, 15) is 19.2 Å². The standard InChI is InChI=1S/C8H8N2O5/c1-9-5(11)3(6(9)12)15-4-7(13)10(2)8(4)14/h3-4H,1-2H3. The largest absolute Gasteiger partial charge is 0.335 e. The van der Waals surface area contributed by atoms with Crippen molar-refractivity contribution in [2.45, 2.75) is 12.2 Å². The summed E-state index contributed by atoms with van der Waals surface area (Å²) < 4.78 is 4.83. The van der Waals surface area contributed by atoms with Crippen molar-refractivity contribution in [3.05, 3.63) is 0 Å². The molecule has 2 aliphatic rings. The first-order valence-corrected chi connectivity index (χ1v) is 4.23. The van der Waals surface area contributed by atoms with E-state index < -0.39 is 35.8 Å². The number of hydrogen-bond acceptors (Lipinski definition) is 5. The van der Waals surface area contributed by atoms with Crippen LogP contribution >= 0.6 is 0 Å². The van der Waals surface area contributed by atoms with Gasteiger partial charge in [0.25, 0.3) is 23.6 Å². The Morgan fingerprint density at radius 3 is 1.33 bits per heavy atom. The number of rotatable bonds is 2. The molecule has 0 N–H and O–H groups in total. The van der Waals surface area contributed by atoms with Crippen LogP contribution in [0.3, 0.4) is 0 Å². The SMILES string of the molecule is CN1C(=O)C(OC2C(=O)N(C)C2=O)C1=O. The molecule has 0 spiro atoms. The smallest absolute Gasteiger partial charge is 0.267 e. The lowest BCUT2D eigenvalue weighted by molar-refractivity contribution is -0.193. The van der Waals surface area contributed by atoms with Crippen LogP contribution in [-0.4, -0.2) is 59.7 Å². The zero-order valence-electron chi connectivity index (χ0n) is 8.09. The lowest BCUT2D eigenvalue weighted by atomic mass is 10.1. The monoisotopic (exact) mass is 212 g/mol. The molecule has 2 aliphatic heterocycles. The van der Waals surface area contributed by atoms with Gasteiger partial charge in [0.15, 0.2) is 0 Å².